The first-order valence-corrected chi connectivity index (χ1v) is 8.67. The molecule has 5 nitrogen and oxygen atoms in total. The molecular formula is C22H21NO4. The van der Waals surface area contributed by atoms with Gasteiger partial charge in [-0.15, -0.1) is 0 Å². The van der Waals surface area contributed by atoms with Gasteiger partial charge in [-0.2, -0.15) is 0 Å². The molecule has 0 aromatic heterocycles. The average molecular weight is 363 g/mol. The predicted octanol–water partition coefficient (Wildman–Crippen LogP) is 3.96. The summed E-state index contributed by atoms with van der Waals surface area (Å²) in [5.41, 5.74) is 1.43. The number of hydrogen-bond donors (Lipinski definition) is 1. The lowest BCUT2D eigenvalue weighted by molar-refractivity contribution is -0.152. The molecule has 1 amide bonds. The third-order valence-electron chi connectivity index (χ3n) is 4.18. The maximum atomic E-state index is 12.3. The Morgan fingerprint density at radius 3 is 2.52 bits per heavy atom. The normalized spacial score (nSPS) is 11.6. The minimum atomic E-state index is -0.894. The molecule has 3 rings (SSSR count). The quantitative estimate of drug-likeness (QED) is 0.673. The largest absolute Gasteiger partial charge is 0.497 e. The number of nitrogens with one attached hydrogen (secondary N) is 1. The van der Waals surface area contributed by atoms with E-state index in [4.69, 9.17) is 9.47 Å². The molecule has 0 heterocycles. The zero-order chi connectivity index (χ0) is 19.2. The zero-order valence-corrected chi connectivity index (χ0v) is 15.3. The fourth-order valence-corrected chi connectivity index (χ4v) is 2.75. The van der Waals surface area contributed by atoms with Crippen molar-refractivity contribution in [3.8, 4) is 5.75 Å². The second-order valence-electron chi connectivity index (χ2n) is 6.21. The van der Waals surface area contributed by atoms with Crippen LogP contribution in [0.3, 0.4) is 0 Å². The number of fused-ring (bicyclic) bond motifs is 1. The van der Waals surface area contributed by atoms with Crippen LogP contribution in [0.5, 0.6) is 5.75 Å². The van der Waals surface area contributed by atoms with Crippen molar-refractivity contribution in [2.75, 3.05) is 12.4 Å². The molecule has 1 N–H and O–H groups in total. The van der Waals surface area contributed by atoms with Crippen molar-refractivity contribution in [3.63, 3.8) is 0 Å². The first-order chi connectivity index (χ1) is 13.0. The number of carbonyl (C=O) groups excluding carboxylic acids is 2. The predicted molar refractivity (Wildman–Crippen MR) is 105 cm³/mol. The molecule has 0 saturated carbocycles. The van der Waals surface area contributed by atoms with Crippen LogP contribution >= 0.6 is 0 Å². The molecule has 5 heteroatoms. The molecule has 0 saturated heterocycles. The Labute approximate surface area is 157 Å². The van der Waals surface area contributed by atoms with Gasteiger partial charge in [-0.1, -0.05) is 42.5 Å². The fraction of sp³-hybridized carbons (Fsp3) is 0.182. The van der Waals surface area contributed by atoms with E-state index in [-0.39, 0.29) is 12.3 Å². The third kappa shape index (κ3) is 4.85. The highest BCUT2D eigenvalue weighted by atomic mass is 16.5. The van der Waals surface area contributed by atoms with Crippen LogP contribution in [0.4, 0.5) is 5.69 Å². The summed E-state index contributed by atoms with van der Waals surface area (Å²) in [6.07, 6.45) is -0.820. The molecule has 0 fully saturated rings. The van der Waals surface area contributed by atoms with E-state index in [0.717, 1.165) is 16.3 Å². The second kappa shape index (κ2) is 8.36. The van der Waals surface area contributed by atoms with Crippen LogP contribution < -0.4 is 10.1 Å². The molecule has 0 aliphatic rings. The number of ether oxygens (including phenoxy) is 2. The topological polar surface area (TPSA) is 64.6 Å². The maximum absolute atomic E-state index is 12.3. The van der Waals surface area contributed by atoms with E-state index >= 15 is 0 Å². The summed E-state index contributed by atoms with van der Waals surface area (Å²) in [4.78, 5) is 24.4. The molecule has 3 aromatic rings. The molecule has 0 bridgehead atoms. The maximum Gasteiger partial charge on any atom is 0.311 e. The lowest BCUT2D eigenvalue weighted by Gasteiger charge is -2.14. The first kappa shape index (κ1) is 18.5. The van der Waals surface area contributed by atoms with Gasteiger partial charge in [0.15, 0.2) is 6.10 Å². The molecule has 0 radical (unpaired) electrons. The van der Waals surface area contributed by atoms with Crippen LogP contribution in [0.15, 0.2) is 66.7 Å². The number of carbonyl (C=O) groups is 2. The van der Waals surface area contributed by atoms with Crippen molar-refractivity contribution in [2.24, 2.45) is 0 Å². The SMILES string of the molecule is COc1cccc(CC(=O)O[C@@H](C)C(=O)Nc2ccc3ccccc3c2)c1. The number of benzene rings is 3. The van der Waals surface area contributed by atoms with Crippen molar-refractivity contribution in [3.05, 3.63) is 72.3 Å². The standard InChI is InChI=1S/C22H21NO4/c1-15(27-21(24)13-16-6-5-9-20(12-16)26-2)22(25)23-19-11-10-17-7-3-4-8-18(17)14-19/h3-12,14-15H,13H2,1-2H3,(H,23,25)/t15-/m0/s1. The molecule has 1 atom stereocenters. The molecular weight excluding hydrogens is 342 g/mol. The Morgan fingerprint density at radius 2 is 1.74 bits per heavy atom. The zero-order valence-electron chi connectivity index (χ0n) is 15.3. The number of amides is 1. The second-order valence-corrected chi connectivity index (χ2v) is 6.21. The molecule has 0 unspecified atom stereocenters. The van der Waals surface area contributed by atoms with Crippen molar-refractivity contribution in [2.45, 2.75) is 19.4 Å². The first-order valence-electron chi connectivity index (χ1n) is 8.67. The molecule has 0 aliphatic carbocycles. The number of rotatable bonds is 6. The van der Waals surface area contributed by atoms with Gasteiger partial charge in [0.05, 0.1) is 13.5 Å². The van der Waals surface area contributed by atoms with Gasteiger partial charge in [0, 0.05) is 5.69 Å². The monoisotopic (exact) mass is 363 g/mol. The van der Waals surface area contributed by atoms with E-state index in [0.29, 0.717) is 11.4 Å². The van der Waals surface area contributed by atoms with Crippen molar-refractivity contribution in [1.82, 2.24) is 0 Å². The van der Waals surface area contributed by atoms with E-state index in [1.165, 1.54) is 0 Å². The van der Waals surface area contributed by atoms with Crippen molar-refractivity contribution >= 4 is 28.3 Å². The van der Waals surface area contributed by atoms with Gasteiger partial charge < -0.3 is 14.8 Å². The van der Waals surface area contributed by atoms with Gasteiger partial charge >= 0.3 is 5.97 Å². The molecule has 138 valence electrons. The number of methoxy groups -OCH3 is 1. The minimum Gasteiger partial charge on any atom is -0.497 e. The third-order valence-corrected chi connectivity index (χ3v) is 4.18. The van der Waals surface area contributed by atoms with Gasteiger partial charge in [0.1, 0.15) is 5.75 Å². The minimum absolute atomic E-state index is 0.0742. The number of anilines is 1. The van der Waals surface area contributed by atoms with E-state index in [9.17, 15) is 9.59 Å². The van der Waals surface area contributed by atoms with Crippen LogP contribution in [-0.2, 0) is 20.7 Å². The van der Waals surface area contributed by atoms with Gasteiger partial charge in [-0.25, -0.2) is 0 Å². The summed E-state index contributed by atoms with van der Waals surface area (Å²) in [5, 5.41) is 4.90. The molecule has 0 spiro atoms. The Hall–Kier alpha value is -3.34. The summed E-state index contributed by atoms with van der Waals surface area (Å²) in [7, 11) is 1.57. The Balaban J connectivity index is 1.58. The van der Waals surface area contributed by atoms with Gasteiger partial charge in [-0.3, -0.25) is 9.59 Å². The fourth-order valence-electron chi connectivity index (χ4n) is 2.75. The number of esters is 1. The lowest BCUT2D eigenvalue weighted by Crippen LogP contribution is -2.30. The van der Waals surface area contributed by atoms with Crippen LogP contribution in [0.2, 0.25) is 0 Å². The highest BCUT2D eigenvalue weighted by Crippen LogP contribution is 2.19. The number of hydrogen-bond acceptors (Lipinski definition) is 4. The van der Waals surface area contributed by atoms with Gasteiger partial charge in [-0.05, 0) is 47.5 Å². The molecule has 27 heavy (non-hydrogen) atoms. The summed E-state index contributed by atoms with van der Waals surface area (Å²) >= 11 is 0. The van der Waals surface area contributed by atoms with Gasteiger partial charge in [0.2, 0.25) is 0 Å². The Kier molecular flexibility index (Phi) is 5.71. The lowest BCUT2D eigenvalue weighted by atomic mass is 10.1. The van der Waals surface area contributed by atoms with E-state index < -0.39 is 12.1 Å². The van der Waals surface area contributed by atoms with Crippen LogP contribution in [0, 0.1) is 0 Å². The summed E-state index contributed by atoms with van der Waals surface area (Å²) in [6.45, 7) is 1.56. The Bertz CT molecular complexity index is 967. The van der Waals surface area contributed by atoms with E-state index in [2.05, 4.69) is 5.32 Å². The highest BCUT2D eigenvalue weighted by molar-refractivity contribution is 5.97. The Morgan fingerprint density at radius 1 is 0.963 bits per heavy atom. The van der Waals surface area contributed by atoms with Gasteiger partial charge in [0.25, 0.3) is 5.91 Å². The summed E-state index contributed by atoms with van der Waals surface area (Å²) in [5.74, 6) is -0.170. The molecule has 3 aromatic carbocycles. The summed E-state index contributed by atoms with van der Waals surface area (Å²) in [6, 6.07) is 20.7. The van der Waals surface area contributed by atoms with Crippen molar-refractivity contribution in [1.29, 1.82) is 0 Å². The average Bonchev–Trinajstić information content (AvgIpc) is 2.67. The van der Waals surface area contributed by atoms with Crippen LogP contribution in [-0.4, -0.2) is 25.1 Å². The van der Waals surface area contributed by atoms with E-state index in [1.807, 2.05) is 48.5 Å². The molecule has 0 aliphatic heterocycles. The van der Waals surface area contributed by atoms with Crippen molar-refractivity contribution < 1.29 is 19.1 Å². The van der Waals surface area contributed by atoms with Crippen LogP contribution in [0.1, 0.15) is 12.5 Å². The summed E-state index contributed by atoms with van der Waals surface area (Å²) < 4.78 is 10.4. The van der Waals surface area contributed by atoms with Crippen LogP contribution in [0.25, 0.3) is 10.8 Å². The highest BCUT2D eigenvalue weighted by Gasteiger charge is 2.18. The van der Waals surface area contributed by atoms with E-state index in [1.54, 1.807) is 32.2 Å². The smallest absolute Gasteiger partial charge is 0.311 e.